The van der Waals surface area contributed by atoms with Gasteiger partial charge >= 0.3 is 0 Å². The van der Waals surface area contributed by atoms with Gasteiger partial charge in [-0.25, -0.2) is 0 Å². The number of allylic oxidation sites excluding steroid dienone is 1. The highest BCUT2D eigenvalue weighted by Gasteiger charge is 2.08. The lowest BCUT2D eigenvalue weighted by molar-refractivity contribution is 0.887. The van der Waals surface area contributed by atoms with Gasteiger partial charge in [0.05, 0.1) is 6.54 Å². The molecule has 1 heteroatoms. The minimum Gasteiger partial charge on any atom is -0.285 e. The Morgan fingerprint density at radius 2 is 2.30 bits per heavy atom. The molecule has 0 saturated heterocycles. The molecule has 1 heterocycles. The van der Waals surface area contributed by atoms with Gasteiger partial charge in [-0.15, -0.1) is 0 Å². The summed E-state index contributed by atoms with van der Waals surface area (Å²) in [6.07, 6.45) is 3.39. The summed E-state index contributed by atoms with van der Waals surface area (Å²) in [6.45, 7) is 7.51. The van der Waals surface area contributed by atoms with Crippen LogP contribution in [-0.4, -0.2) is 12.3 Å². The van der Waals surface area contributed by atoms with Crippen molar-refractivity contribution in [1.82, 2.24) is 0 Å². The van der Waals surface area contributed by atoms with Gasteiger partial charge in [-0.2, -0.15) is 0 Å². The maximum atomic E-state index is 4.41. The third-order valence-corrected chi connectivity index (χ3v) is 1.86. The van der Waals surface area contributed by atoms with E-state index in [1.807, 2.05) is 0 Å². The molecule has 0 radical (unpaired) electrons. The van der Waals surface area contributed by atoms with Crippen molar-refractivity contribution in [2.75, 3.05) is 6.54 Å². The number of nitrogens with zero attached hydrogens (tertiary/aromatic N) is 1. The van der Waals surface area contributed by atoms with Crippen molar-refractivity contribution >= 4 is 5.71 Å². The largest absolute Gasteiger partial charge is 0.285 e. The Bertz CT molecular complexity index is 175. The zero-order valence-electron chi connectivity index (χ0n) is 7.02. The third-order valence-electron chi connectivity index (χ3n) is 1.86. The predicted molar refractivity (Wildman–Crippen MR) is 45.5 cm³/mol. The Kier molecular flexibility index (Phi) is 2.25. The molecular weight excluding hydrogens is 122 g/mol. The SMILES string of the molecule is CCC1=CC(C(C)C)=NC1. The molecule has 0 bridgehead atoms. The second kappa shape index (κ2) is 3.00. The lowest BCUT2D eigenvalue weighted by Crippen LogP contribution is -2.00. The molecule has 0 aromatic carbocycles. The molecule has 0 aromatic rings. The van der Waals surface area contributed by atoms with Gasteiger partial charge in [-0.1, -0.05) is 20.8 Å². The lowest BCUT2D eigenvalue weighted by atomic mass is 10.1. The van der Waals surface area contributed by atoms with Crippen LogP contribution in [0.2, 0.25) is 0 Å². The molecule has 0 unspecified atom stereocenters. The van der Waals surface area contributed by atoms with E-state index in [9.17, 15) is 0 Å². The molecule has 0 N–H and O–H groups in total. The number of hydrogen-bond acceptors (Lipinski definition) is 1. The molecule has 1 nitrogen and oxygen atoms in total. The minimum atomic E-state index is 0.601. The van der Waals surface area contributed by atoms with Gasteiger partial charge in [0, 0.05) is 5.71 Å². The smallest absolute Gasteiger partial charge is 0.0606 e. The van der Waals surface area contributed by atoms with Crippen LogP contribution in [0.3, 0.4) is 0 Å². The maximum Gasteiger partial charge on any atom is 0.0606 e. The minimum absolute atomic E-state index is 0.601. The van der Waals surface area contributed by atoms with E-state index in [2.05, 4.69) is 31.8 Å². The van der Waals surface area contributed by atoms with Crippen molar-refractivity contribution in [3.05, 3.63) is 11.6 Å². The molecule has 0 atom stereocenters. The summed E-state index contributed by atoms with van der Waals surface area (Å²) in [5, 5.41) is 0. The van der Waals surface area contributed by atoms with Crippen LogP contribution in [0.5, 0.6) is 0 Å². The van der Waals surface area contributed by atoms with Gasteiger partial charge in [-0.05, 0) is 24.0 Å². The normalized spacial score (nSPS) is 17.6. The second-order valence-electron chi connectivity index (χ2n) is 3.05. The summed E-state index contributed by atoms with van der Waals surface area (Å²) < 4.78 is 0. The van der Waals surface area contributed by atoms with Crippen LogP contribution in [0.4, 0.5) is 0 Å². The Morgan fingerprint density at radius 3 is 2.60 bits per heavy atom. The Balaban J connectivity index is 2.59. The van der Waals surface area contributed by atoms with Crippen molar-refractivity contribution < 1.29 is 0 Å². The van der Waals surface area contributed by atoms with E-state index in [4.69, 9.17) is 0 Å². The first-order valence-electron chi connectivity index (χ1n) is 3.97. The molecule has 56 valence electrons. The fourth-order valence-corrected chi connectivity index (χ4v) is 1.06. The van der Waals surface area contributed by atoms with E-state index < -0.39 is 0 Å². The highest BCUT2D eigenvalue weighted by Crippen LogP contribution is 2.13. The van der Waals surface area contributed by atoms with Crippen molar-refractivity contribution in [1.29, 1.82) is 0 Å². The van der Waals surface area contributed by atoms with Crippen LogP contribution in [-0.2, 0) is 0 Å². The first kappa shape index (κ1) is 7.52. The second-order valence-corrected chi connectivity index (χ2v) is 3.05. The van der Waals surface area contributed by atoms with Crippen LogP contribution in [0.15, 0.2) is 16.6 Å². The Labute approximate surface area is 62.9 Å². The number of aliphatic imine (C=N–C) groups is 1. The zero-order chi connectivity index (χ0) is 7.56. The van der Waals surface area contributed by atoms with E-state index >= 15 is 0 Å². The molecule has 10 heavy (non-hydrogen) atoms. The van der Waals surface area contributed by atoms with Gasteiger partial charge in [0.2, 0.25) is 0 Å². The highest BCUT2D eigenvalue weighted by molar-refractivity contribution is 5.98. The van der Waals surface area contributed by atoms with Crippen molar-refractivity contribution in [3.8, 4) is 0 Å². The topological polar surface area (TPSA) is 12.4 Å². The van der Waals surface area contributed by atoms with Gasteiger partial charge in [0.1, 0.15) is 0 Å². The average molecular weight is 137 g/mol. The van der Waals surface area contributed by atoms with Gasteiger partial charge < -0.3 is 0 Å². The van der Waals surface area contributed by atoms with E-state index in [0.717, 1.165) is 13.0 Å². The monoisotopic (exact) mass is 137 g/mol. The summed E-state index contributed by atoms with van der Waals surface area (Å²) in [5.41, 5.74) is 2.75. The zero-order valence-corrected chi connectivity index (χ0v) is 7.02. The van der Waals surface area contributed by atoms with Crippen molar-refractivity contribution in [2.24, 2.45) is 10.9 Å². The van der Waals surface area contributed by atoms with Crippen LogP contribution in [0, 0.1) is 5.92 Å². The fraction of sp³-hybridized carbons (Fsp3) is 0.667. The van der Waals surface area contributed by atoms with E-state index in [-0.39, 0.29) is 0 Å². The average Bonchev–Trinajstić information content (AvgIpc) is 2.34. The molecule has 0 aliphatic carbocycles. The maximum absolute atomic E-state index is 4.41. The first-order valence-corrected chi connectivity index (χ1v) is 3.97. The molecule has 0 spiro atoms. The fourth-order valence-electron chi connectivity index (χ4n) is 1.06. The van der Waals surface area contributed by atoms with Crippen LogP contribution < -0.4 is 0 Å². The summed E-state index contributed by atoms with van der Waals surface area (Å²) in [6, 6.07) is 0. The van der Waals surface area contributed by atoms with Gasteiger partial charge in [0.25, 0.3) is 0 Å². The first-order chi connectivity index (χ1) is 4.74. The quantitative estimate of drug-likeness (QED) is 0.554. The standard InChI is InChI=1S/C9H15N/c1-4-8-5-9(7(2)3)10-6-8/h5,7H,4,6H2,1-3H3. The van der Waals surface area contributed by atoms with E-state index in [1.165, 1.54) is 11.3 Å². The number of hydrogen-bond donors (Lipinski definition) is 0. The molecule has 0 fully saturated rings. The summed E-state index contributed by atoms with van der Waals surface area (Å²) in [5.74, 6) is 0.601. The lowest BCUT2D eigenvalue weighted by Gasteiger charge is -1.98. The number of rotatable bonds is 2. The Morgan fingerprint density at radius 1 is 1.60 bits per heavy atom. The predicted octanol–water partition coefficient (Wildman–Crippen LogP) is 2.43. The van der Waals surface area contributed by atoms with Crippen molar-refractivity contribution in [3.63, 3.8) is 0 Å². The van der Waals surface area contributed by atoms with E-state index in [1.54, 1.807) is 0 Å². The van der Waals surface area contributed by atoms with Gasteiger partial charge in [0.15, 0.2) is 0 Å². The molecule has 1 aliphatic heterocycles. The molecular formula is C9H15N. The van der Waals surface area contributed by atoms with Crippen LogP contribution in [0.25, 0.3) is 0 Å². The molecule has 0 aromatic heterocycles. The highest BCUT2D eigenvalue weighted by atomic mass is 14.8. The summed E-state index contributed by atoms with van der Waals surface area (Å²) >= 11 is 0. The Hall–Kier alpha value is -0.590. The molecule has 0 saturated carbocycles. The van der Waals surface area contributed by atoms with Crippen LogP contribution >= 0.6 is 0 Å². The van der Waals surface area contributed by atoms with Crippen LogP contribution in [0.1, 0.15) is 27.2 Å². The molecule has 0 amide bonds. The molecule has 1 rings (SSSR count). The third kappa shape index (κ3) is 1.47. The van der Waals surface area contributed by atoms with Crippen molar-refractivity contribution in [2.45, 2.75) is 27.2 Å². The summed E-state index contributed by atoms with van der Waals surface area (Å²) in [7, 11) is 0. The molecule has 1 aliphatic rings. The summed E-state index contributed by atoms with van der Waals surface area (Å²) in [4.78, 5) is 4.41. The van der Waals surface area contributed by atoms with E-state index in [0.29, 0.717) is 5.92 Å². The van der Waals surface area contributed by atoms with Gasteiger partial charge in [-0.3, -0.25) is 4.99 Å².